The third kappa shape index (κ3) is 5.07. The number of carbonyl (C=O) groups is 2. The van der Waals surface area contributed by atoms with Crippen LogP contribution in [0.3, 0.4) is 0 Å². The summed E-state index contributed by atoms with van der Waals surface area (Å²) in [6.07, 6.45) is -0.0544. The quantitative estimate of drug-likeness (QED) is 0.697. The van der Waals surface area contributed by atoms with Crippen molar-refractivity contribution in [3.8, 4) is 5.75 Å². The number of rotatable bonds is 7. The minimum absolute atomic E-state index is 0.0544. The maximum absolute atomic E-state index is 11.6. The fraction of sp³-hybridized carbons (Fsp3) is 0.385. The highest BCUT2D eigenvalue weighted by Gasteiger charge is 2.19. The Balaban J connectivity index is 2.50. The number of carbonyl (C=O) groups excluding carboxylic acids is 1. The van der Waals surface area contributed by atoms with E-state index in [1.54, 1.807) is 25.1 Å². The van der Waals surface area contributed by atoms with Crippen molar-refractivity contribution in [2.24, 2.45) is 0 Å². The molecular formula is C13H16ClNO5. The molecule has 0 bridgehead atoms. The number of aliphatic hydroxyl groups is 1. The lowest BCUT2D eigenvalue weighted by Gasteiger charge is -2.13. The van der Waals surface area contributed by atoms with Gasteiger partial charge in [0.15, 0.2) is 6.61 Å². The lowest BCUT2D eigenvalue weighted by Crippen LogP contribution is -2.43. The van der Waals surface area contributed by atoms with Crippen LogP contribution < -0.4 is 10.1 Å². The Morgan fingerprint density at radius 1 is 1.45 bits per heavy atom. The van der Waals surface area contributed by atoms with Crippen molar-refractivity contribution in [3.05, 3.63) is 28.8 Å². The number of amides is 1. The molecule has 7 heteroatoms. The van der Waals surface area contributed by atoms with Crippen LogP contribution >= 0.6 is 11.6 Å². The van der Waals surface area contributed by atoms with E-state index in [1.807, 2.05) is 0 Å². The van der Waals surface area contributed by atoms with E-state index in [2.05, 4.69) is 5.32 Å². The van der Waals surface area contributed by atoms with Crippen molar-refractivity contribution in [2.75, 3.05) is 13.2 Å². The normalized spacial score (nSPS) is 11.8. The van der Waals surface area contributed by atoms with Crippen molar-refractivity contribution >= 4 is 23.5 Å². The lowest BCUT2D eigenvalue weighted by molar-refractivity contribution is -0.142. The maximum Gasteiger partial charge on any atom is 0.326 e. The first-order valence-corrected chi connectivity index (χ1v) is 6.34. The van der Waals surface area contributed by atoms with Crippen molar-refractivity contribution in [1.29, 1.82) is 0 Å². The fourth-order valence-electron chi connectivity index (χ4n) is 1.48. The number of carboxylic acid groups (broad SMARTS) is 1. The molecule has 0 aliphatic rings. The monoisotopic (exact) mass is 301 g/mol. The average molecular weight is 302 g/mol. The van der Waals surface area contributed by atoms with E-state index in [0.29, 0.717) is 10.8 Å². The SMILES string of the molecule is Cc1cc(OCC(=O)N[C@@H](CCO)C(=O)O)ccc1Cl. The molecule has 1 amide bonds. The van der Waals surface area contributed by atoms with Crippen LogP contribution in [0.25, 0.3) is 0 Å². The van der Waals surface area contributed by atoms with Crippen LogP contribution in [-0.2, 0) is 9.59 Å². The smallest absolute Gasteiger partial charge is 0.326 e. The molecule has 0 unspecified atom stereocenters. The second-order valence-electron chi connectivity index (χ2n) is 4.17. The number of nitrogens with one attached hydrogen (secondary N) is 1. The lowest BCUT2D eigenvalue weighted by atomic mass is 10.2. The summed E-state index contributed by atoms with van der Waals surface area (Å²) in [4.78, 5) is 22.4. The first-order valence-electron chi connectivity index (χ1n) is 5.96. The molecule has 0 aliphatic carbocycles. The van der Waals surface area contributed by atoms with E-state index in [4.69, 9.17) is 26.6 Å². The summed E-state index contributed by atoms with van der Waals surface area (Å²) in [5.74, 6) is -1.30. The highest BCUT2D eigenvalue weighted by molar-refractivity contribution is 6.31. The van der Waals surface area contributed by atoms with Crippen LogP contribution in [0.4, 0.5) is 0 Å². The second kappa shape index (κ2) is 7.72. The van der Waals surface area contributed by atoms with Crippen LogP contribution in [0.15, 0.2) is 18.2 Å². The molecule has 1 rings (SSSR count). The molecule has 110 valence electrons. The summed E-state index contributed by atoms with van der Waals surface area (Å²) in [7, 11) is 0. The first-order chi connectivity index (χ1) is 9.43. The molecule has 3 N–H and O–H groups in total. The number of aryl methyl sites for hydroxylation is 1. The third-order valence-corrected chi connectivity index (χ3v) is 2.97. The second-order valence-corrected chi connectivity index (χ2v) is 4.58. The highest BCUT2D eigenvalue weighted by atomic mass is 35.5. The third-order valence-electron chi connectivity index (χ3n) is 2.55. The van der Waals surface area contributed by atoms with Gasteiger partial charge in [-0.25, -0.2) is 4.79 Å². The standard InChI is InChI=1S/C13H16ClNO5/c1-8-6-9(2-3-10(8)14)20-7-12(17)15-11(4-5-16)13(18)19/h2-3,6,11,16H,4-5,7H2,1H3,(H,15,17)(H,18,19)/t11-/m0/s1. The number of aliphatic hydroxyl groups excluding tert-OH is 1. The summed E-state index contributed by atoms with van der Waals surface area (Å²) in [6.45, 7) is 1.17. The zero-order valence-corrected chi connectivity index (χ0v) is 11.7. The van der Waals surface area contributed by atoms with Gasteiger partial charge in [0, 0.05) is 18.1 Å². The summed E-state index contributed by atoms with van der Waals surface area (Å²) >= 11 is 5.86. The van der Waals surface area contributed by atoms with Gasteiger partial charge in [0.05, 0.1) is 0 Å². The van der Waals surface area contributed by atoms with E-state index in [1.165, 1.54) is 0 Å². The van der Waals surface area contributed by atoms with E-state index in [-0.39, 0.29) is 19.6 Å². The molecule has 0 saturated carbocycles. The van der Waals surface area contributed by atoms with Gasteiger partial charge in [-0.05, 0) is 30.7 Å². The van der Waals surface area contributed by atoms with Gasteiger partial charge in [-0.3, -0.25) is 4.79 Å². The molecule has 0 radical (unpaired) electrons. The van der Waals surface area contributed by atoms with Gasteiger partial charge in [-0.1, -0.05) is 11.6 Å². The topological polar surface area (TPSA) is 95.9 Å². The number of halogens is 1. The van der Waals surface area contributed by atoms with Crippen LogP contribution in [-0.4, -0.2) is 41.3 Å². The summed E-state index contributed by atoms with van der Waals surface area (Å²) in [5.41, 5.74) is 0.813. The zero-order chi connectivity index (χ0) is 15.1. The molecule has 1 atom stereocenters. The Kier molecular flexibility index (Phi) is 6.27. The minimum Gasteiger partial charge on any atom is -0.484 e. The van der Waals surface area contributed by atoms with Crippen molar-refractivity contribution in [3.63, 3.8) is 0 Å². The number of carboxylic acids is 1. The molecular weight excluding hydrogens is 286 g/mol. The van der Waals surface area contributed by atoms with E-state index in [0.717, 1.165) is 5.56 Å². The average Bonchev–Trinajstić information content (AvgIpc) is 2.39. The molecule has 0 saturated heterocycles. The molecule has 1 aromatic rings. The molecule has 1 aromatic carbocycles. The number of hydrogen-bond acceptors (Lipinski definition) is 4. The molecule has 20 heavy (non-hydrogen) atoms. The molecule has 0 aliphatic heterocycles. The molecule has 0 heterocycles. The Morgan fingerprint density at radius 3 is 2.70 bits per heavy atom. The number of hydrogen-bond donors (Lipinski definition) is 3. The van der Waals surface area contributed by atoms with E-state index in [9.17, 15) is 9.59 Å². The first kappa shape index (κ1) is 16.3. The van der Waals surface area contributed by atoms with Gasteiger partial charge in [-0.15, -0.1) is 0 Å². The Bertz CT molecular complexity index is 492. The van der Waals surface area contributed by atoms with E-state index >= 15 is 0 Å². The fourth-order valence-corrected chi connectivity index (χ4v) is 1.60. The Labute approximate surface area is 121 Å². The molecule has 0 spiro atoms. The van der Waals surface area contributed by atoms with Crippen LogP contribution in [0.5, 0.6) is 5.75 Å². The van der Waals surface area contributed by atoms with Crippen LogP contribution in [0.1, 0.15) is 12.0 Å². The number of aliphatic carboxylic acids is 1. The minimum atomic E-state index is -1.20. The van der Waals surface area contributed by atoms with Crippen molar-refractivity contribution in [1.82, 2.24) is 5.32 Å². The van der Waals surface area contributed by atoms with Crippen LogP contribution in [0.2, 0.25) is 5.02 Å². The van der Waals surface area contributed by atoms with Crippen LogP contribution in [0, 0.1) is 6.92 Å². The maximum atomic E-state index is 11.6. The highest BCUT2D eigenvalue weighted by Crippen LogP contribution is 2.20. The molecule has 0 fully saturated rings. The zero-order valence-electron chi connectivity index (χ0n) is 10.9. The Morgan fingerprint density at radius 2 is 2.15 bits per heavy atom. The predicted octanol–water partition coefficient (Wildman–Crippen LogP) is 0.979. The van der Waals surface area contributed by atoms with Gasteiger partial charge < -0.3 is 20.3 Å². The molecule has 0 aromatic heterocycles. The summed E-state index contributed by atoms with van der Waals surface area (Å²) < 4.78 is 5.24. The Hall–Kier alpha value is -1.79. The van der Waals surface area contributed by atoms with Gasteiger partial charge >= 0.3 is 5.97 Å². The largest absolute Gasteiger partial charge is 0.484 e. The summed E-state index contributed by atoms with van der Waals surface area (Å²) in [5, 5.41) is 20.4. The van der Waals surface area contributed by atoms with Crippen molar-refractivity contribution < 1.29 is 24.5 Å². The van der Waals surface area contributed by atoms with Gasteiger partial charge in [0.1, 0.15) is 11.8 Å². The van der Waals surface area contributed by atoms with Crippen molar-refractivity contribution in [2.45, 2.75) is 19.4 Å². The van der Waals surface area contributed by atoms with Gasteiger partial charge in [0.2, 0.25) is 0 Å². The number of ether oxygens (including phenoxy) is 1. The molecule has 6 nitrogen and oxygen atoms in total. The number of benzene rings is 1. The van der Waals surface area contributed by atoms with Gasteiger partial charge in [0.25, 0.3) is 5.91 Å². The summed E-state index contributed by atoms with van der Waals surface area (Å²) in [6, 6.07) is 3.82. The van der Waals surface area contributed by atoms with Gasteiger partial charge in [-0.2, -0.15) is 0 Å². The predicted molar refractivity (Wildman–Crippen MR) is 73.0 cm³/mol. The van der Waals surface area contributed by atoms with E-state index < -0.39 is 17.9 Å².